The number of quaternary nitrogens is 1. The lowest BCUT2D eigenvalue weighted by molar-refractivity contribution is -0.900. The monoisotopic (exact) mass is 286 g/mol. The van der Waals surface area contributed by atoms with Crippen LogP contribution in [-0.2, 0) is 0 Å². The third-order valence-electron chi connectivity index (χ3n) is 3.42. The average molecular weight is 287 g/mol. The second-order valence-corrected chi connectivity index (χ2v) is 5.01. The first-order chi connectivity index (χ1) is 9.11. The van der Waals surface area contributed by atoms with Crippen LogP contribution in [0.15, 0.2) is 18.2 Å². The van der Waals surface area contributed by atoms with Gasteiger partial charge in [0.25, 0.3) is 5.69 Å². The van der Waals surface area contributed by atoms with E-state index in [2.05, 4.69) is 4.90 Å². The quantitative estimate of drug-likeness (QED) is 0.601. The Labute approximate surface area is 116 Å². The zero-order valence-corrected chi connectivity index (χ0v) is 11.3. The molecule has 0 spiro atoms. The van der Waals surface area contributed by atoms with E-state index in [0.29, 0.717) is 5.02 Å². The van der Waals surface area contributed by atoms with Crippen LogP contribution in [0.1, 0.15) is 0 Å². The van der Waals surface area contributed by atoms with Gasteiger partial charge in [-0.2, -0.15) is 0 Å². The van der Waals surface area contributed by atoms with Crippen LogP contribution in [0.5, 0.6) is 0 Å². The van der Waals surface area contributed by atoms with Crippen LogP contribution < -0.4 is 9.80 Å². The van der Waals surface area contributed by atoms with Crippen molar-refractivity contribution in [3.63, 3.8) is 0 Å². The van der Waals surface area contributed by atoms with E-state index in [-0.39, 0.29) is 12.3 Å². The Morgan fingerprint density at radius 3 is 2.63 bits per heavy atom. The zero-order valence-electron chi connectivity index (χ0n) is 10.5. The van der Waals surface area contributed by atoms with Crippen molar-refractivity contribution in [3.05, 3.63) is 33.3 Å². The van der Waals surface area contributed by atoms with E-state index in [0.717, 1.165) is 38.4 Å². The van der Waals surface area contributed by atoms with Gasteiger partial charge in [-0.25, -0.2) is 0 Å². The van der Waals surface area contributed by atoms with E-state index < -0.39 is 4.92 Å². The Morgan fingerprint density at radius 1 is 1.42 bits per heavy atom. The highest BCUT2D eigenvalue weighted by Gasteiger charge is 2.22. The standard InChI is InChI=1S/C12H16ClN3O3/c13-11-9-10(16(18)19)1-2-12(11)15-5-3-14(4-6-15)7-8-17/h1-2,9,17H,3-8H2/p+1. The van der Waals surface area contributed by atoms with Gasteiger partial charge >= 0.3 is 0 Å². The minimum atomic E-state index is -0.445. The van der Waals surface area contributed by atoms with Gasteiger partial charge < -0.3 is 14.9 Å². The van der Waals surface area contributed by atoms with Crippen molar-refractivity contribution in [2.45, 2.75) is 0 Å². The van der Waals surface area contributed by atoms with Crippen molar-refractivity contribution in [2.75, 3.05) is 44.2 Å². The highest BCUT2D eigenvalue weighted by Crippen LogP contribution is 2.29. The van der Waals surface area contributed by atoms with Crippen molar-refractivity contribution in [1.29, 1.82) is 0 Å². The number of nitro groups is 1. The first-order valence-electron chi connectivity index (χ1n) is 6.25. The Bertz CT molecular complexity index is 462. The molecule has 2 rings (SSSR count). The Kier molecular flexibility index (Phi) is 4.57. The van der Waals surface area contributed by atoms with E-state index in [1.807, 2.05) is 0 Å². The minimum Gasteiger partial charge on any atom is -0.391 e. The van der Waals surface area contributed by atoms with Gasteiger partial charge in [0, 0.05) is 12.1 Å². The topological polar surface area (TPSA) is 71.0 Å². The molecule has 0 saturated carbocycles. The summed E-state index contributed by atoms with van der Waals surface area (Å²) in [5.74, 6) is 0. The van der Waals surface area contributed by atoms with Crippen LogP contribution in [0.3, 0.4) is 0 Å². The number of nitro benzene ring substituents is 1. The number of non-ortho nitro benzene ring substituents is 1. The van der Waals surface area contributed by atoms with Gasteiger partial charge in [0.1, 0.15) is 6.54 Å². The molecule has 104 valence electrons. The van der Waals surface area contributed by atoms with Crippen LogP contribution >= 0.6 is 11.6 Å². The summed E-state index contributed by atoms with van der Waals surface area (Å²) in [7, 11) is 0. The van der Waals surface area contributed by atoms with E-state index >= 15 is 0 Å². The molecular weight excluding hydrogens is 270 g/mol. The van der Waals surface area contributed by atoms with Crippen LogP contribution in [-0.4, -0.2) is 49.4 Å². The van der Waals surface area contributed by atoms with Crippen LogP contribution in [0.2, 0.25) is 5.02 Å². The summed E-state index contributed by atoms with van der Waals surface area (Å²) in [4.78, 5) is 13.7. The van der Waals surface area contributed by atoms with Crippen molar-refractivity contribution >= 4 is 23.0 Å². The fourth-order valence-electron chi connectivity index (χ4n) is 2.34. The molecule has 0 aliphatic carbocycles. The summed E-state index contributed by atoms with van der Waals surface area (Å²) in [6, 6.07) is 4.58. The lowest BCUT2D eigenvalue weighted by Crippen LogP contribution is -3.15. The number of nitrogens with one attached hydrogen (secondary N) is 1. The fraction of sp³-hybridized carbons (Fsp3) is 0.500. The van der Waals surface area contributed by atoms with E-state index in [9.17, 15) is 10.1 Å². The van der Waals surface area contributed by atoms with Gasteiger partial charge in [0.2, 0.25) is 0 Å². The van der Waals surface area contributed by atoms with Crippen LogP contribution in [0.25, 0.3) is 0 Å². The molecule has 2 N–H and O–H groups in total. The molecular formula is C12H17ClN3O3+. The van der Waals surface area contributed by atoms with Gasteiger partial charge in [-0.1, -0.05) is 11.6 Å². The van der Waals surface area contributed by atoms with Gasteiger partial charge in [-0.15, -0.1) is 0 Å². The highest BCUT2D eigenvalue weighted by molar-refractivity contribution is 6.33. The summed E-state index contributed by atoms with van der Waals surface area (Å²) in [5, 5.41) is 20.0. The predicted octanol–water partition coefficient (Wildman–Crippen LogP) is -0.0546. The molecule has 1 aliphatic heterocycles. The molecule has 0 unspecified atom stereocenters. The minimum absolute atomic E-state index is 0.0123. The molecule has 1 aromatic rings. The number of hydrogen-bond acceptors (Lipinski definition) is 4. The molecule has 0 aromatic heterocycles. The SMILES string of the molecule is O=[N+]([O-])c1ccc(N2CC[NH+](CCO)CC2)c(Cl)c1. The lowest BCUT2D eigenvalue weighted by Gasteiger charge is -2.33. The molecule has 0 radical (unpaired) electrons. The van der Waals surface area contributed by atoms with Gasteiger partial charge in [-0.3, -0.25) is 10.1 Å². The van der Waals surface area contributed by atoms with Crippen molar-refractivity contribution in [3.8, 4) is 0 Å². The predicted molar refractivity (Wildman–Crippen MR) is 73.0 cm³/mol. The maximum Gasteiger partial charge on any atom is 0.271 e. The summed E-state index contributed by atoms with van der Waals surface area (Å²) < 4.78 is 0. The van der Waals surface area contributed by atoms with Crippen LogP contribution in [0.4, 0.5) is 11.4 Å². The molecule has 1 aromatic carbocycles. The molecule has 1 aliphatic rings. The molecule has 6 nitrogen and oxygen atoms in total. The number of halogens is 1. The number of rotatable bonds is 4. The largest absolute Gasteiger partial charge is 0.391 e. The summed E-state index contributed by atoms with van der Waals surface area (Å²) >= 11 is 6.11. The zero-order chi connectivity index (χ0) is 13.8. The Hall–Kier alpha value is -1.37. The average Bonchev–Trinajstić information content (AvgIpc) is 2.40. The molecule has 1 fully saturated rings. The number of hydrogen-bond donors (Lipinski definition) is 2. The van der Waals surface area contributed by atoms with Crippen LogP contribution in [0, 0.1) is 10.1 Å². The van der Waals surface area contributed by atoms with Gasteiger partial charge in [0.15, 0.2) is 0 Å². The van der Waals surface area contributed by atoms with E-state index in [4.69, 9.17) is 16.7 Å². The number of piperazine rings is 1. The third-order valence-corrected chi connectivity index (χ3v) is 3.72. The molecule has 1 saturated heterocycles. The van der Waals surface area contributed by atoms with Crippen molar-refractivity contribution < 1.29 is 14.9 Å². The van der Waals surface area contributed by atoms with Gasteiger partial charge in [0.05, 0.1) is 48.4 Å². The first-order valence-corrected chi connectivity index (χ1v) is 6.63. The molecule has 0 bridgehead atoms. The third kappa shape index (κ3) is 3.34. The molecule has 0 atom stereocenters. The molecule has 7 heteroatoms. The number of benzene rings is 1. The summed E-state index contributed by atoms with van der Waals surface area (Å²) in [6.07, 6.45) is 0. The Morgan fingerprint density at radius 2 is 2.11 bits per heavy atom. The Balaban J connectivity index is 2.05. The van der Waals surface area contributed by atoms with Gasteiger partial charge in [-0.05, 0) is 6.07 Å². The van der Waals surface area contributed by atoms with E-state index in [1.165, 1.54) is 17.0 Å². The number of aliphatic hydroxyl groups is 1. The summed E-state index contributed by atoms with van der Waals surface area (Å²) in [6.45, 7) is 4.52. The smallest absolute Gasteiger partial charge is 0.271 e. The second-order valence-electron chi connectivity index (χ2n) is 4.60. The normalized spacial score (nSPS) is 16.6. The maximum absolute atomic E-state index is 10.7. The van der Waals surface area contributed by atoms with E-state index in [1.54, 1.807) is 6.07 Å². The lowest BCUT2D eigenvalue weighted by atomic mass is 10.2. The fourth-order valence-corrected chi connectivity index (χ4v) is 2.63. The molecule has 0 amide bonds. The number of nitrogens with zero attached hydrogens (tertiary/aromatic N) is 2. The van der Waals surface area contributed by atoms with Crippen molar-refractivity contribution in [1.82, 2.24) is 0 Å². The van der Waals surface area contributed by atoms with Crippen molar-refractivity contribution in [2.24, 2.45) is 0 Å². The number of anilines is 1. The highest BCUT2D eigenvalue weighted by atomic mass is 35.5. The molecule has 1 heterocycles. The maximum atomic E-state index is 10.7. The first kappa shape index (κ1) is 14.0. The summed E-state index contributed by atoms with van der Waals surface area (Å²) in [5.41, 5.74) is 0.855. The molecule has 19 heavy (non-hydrogen) atoms. The number of aliphatic hydroxyl groups excluding tert-OH is 1. The second kappa shape index (κ2) is 6.18.